The molecule has 1 aromatic carbocycles. The Labute approximate surface area is 143 Å². The van der Waals surface area contributed by atoms with E-state index in [2.05, 4.69) is 32.9 Å². The van der Waals surface area contributed by atoms with Crippen molar-refractivity contribution in [1.29, 1.82) is 0 Å². The van der Waals surface area contributed by atoms with Gasteiger partial charge >= 0.3 is 5.97 Å². The van der Waals surface area contributed by atoms with Crippen molar-refractivity contribution in [2.45, 2.75) is 40.0 Å². The van der Waals surface area contributed by atoms with Gasteiger partial charge in [-0.15, -0.1) is 0 Å². The minimum Gasteiger partial charge on any atom is -0.465 e. The molecule has 0 radical (unpaired) electrons. The first kappa shape index (κ1) is 18.0. The largest absolute Gasteiger partial charge is 0.465 e. The lowest BCUT2D eigenvalue weighted by molar-refractivity contribution is -0.136. The van der Waals surface area contributed by atoms with Crippen molar-refractivity contribution >= 4 is 18.0 Å². The van der Waals surface area contributed by atoms with E-state index in [4.69, 9.17) is 4.74 Å². The van der Waals surface area contributed by atoms with Crippen LogP contribution in [0.4, 0.5) is 0 Å². The van der Waals surface area contributed by atoms with Crippen LogP contribution in [0.15, 0.2) is 41.1 Å². The molecule has 4 nitrogen and oxygen atoms in total. The van der Waals surface area contributed by atoms with E-state index in [1.54, 1.807) is 17.9 Å². The predicted octanol–water partition coefficient (Wildman–Crippen LogP) is 3.68. The second-order valence-corrected chi connectivity index (χ2v) is 6.93. The van der Waals surface area contributed by atoms with Gasteiger partial charge in [-0.25, -0.2) is 4.79 Å². The maximum atomic E-state index is 12.6. The highest BCUT2D eigenvalue weighted by Crippen LogP contribution is 2.31. The number of nitrogens with zero attached hydrogens (tertiary/aromatic N) is 1. The number of methoxy groups -OCH3 is 1. The number of rotatable bonds is 3. The monoisotopic (exact) mass is 327 g/mol. The smallest absolute Gasteiger partial charge is 0.340 e. The van der Waals surface area contributed by atoms with Crippen LogP contribution in [0.25, 0.3) is 6.08 Å². The van der Waals surface area contributed by atoms with Crippen LogP contribution in [0.1, 0.15) is 45.7 Å². The molecule has 24 heavy (non-hydrogen) atoms. The summed E-state index contributed by atoms with van der Waals surface area (Å²) in [4.78, 5) is 26.3. The highest BCUT2D eigenvalue weighted by atomic mass is 16.5. The van der Waals surface area contributed by atoms with Gasteiger partial charge in [-0.3, -0.25) is 4.79 Å². The number of esters is 1. The van der Waals surface area contributed by atoms with Crippen LogP contribution >= 0.6 is 0 Å². The first-order chi connectivity index (χ1) is 11.2. The molecule has 1 aliphatic heterocycles. The van der Waals surface area contributed by atoms with Crippen molar-refractivity contribution in [2.75, 3.05) is 13.7 Å². The highest BCUT2D eigenvalue weighted by Gasteiger charge is 2.36. The number of ether oxygens (including phenoxy) is 1. The Hall–Kier alpha value is -2.36. The molecule has 1 aliphatic rings. The Morgan fingerprint density at radius 1 is 1.21 bits per heavy atom. The van der Waals surface area contributed by atoms with E-state index in [9.17, 15) is 9.59 Å². The van der Waals surface area contributed by atoms with Crippen LogP contribution in [0.3, 0.4) is 0 Å². The Morgan fingerprint density at radius 3 is 2.25 bits per heavy atom. The molecular formula is C20H25NO3. The lowest BCUT2D eigenvalue weighted by Gasteiger charge is -2.18. The molecule has 1 heterocycles. The average Bonchev–Trinajstić information content (AvgIpc) is 2.76. The standard InChI is InChI=1S/C20H25NO3/c1-7-21-13(2)17(19(23)24-6)16(18(21)22)12-14-8-10-15(11-9-14)20(3,4)5/h8-12H,7H2,1-6H3/b16-12-. The zero-order valence-electron chi connectivity index (χ0n) is 15.3. The molecule has 0 bridgehead atoms. The minimum absolute atomic E-state index is 0.0710. The fourth-order valence-corrected chi connectivity index (χ4v) is 2.85. The second kappa shape index (κ2) is 6.63. The van der Waals surface area contributed by atoms with Crippen molar-refractivity contribution < 1.29 is 14.3 Å². The van der Waals surface area contributed by atoms with Gasteiger partial charge in [0.15, 0.2) is 0 Å². The fraction of sp³-hybridized carbons (Fsp3) is 0.400. The van der Waals surface area contributed by atoms with E-state index in [1.807, 2.05) is 19.1 Å². The van der Waals surface area contributed by atoms with Crippen LogP contribution in [0, 0.1) is 0 Å². The van der Waals surface area contributed by atoms with E-state index in [-0.39, 0.29) is 11.3 Å². The summed E-state index contributed by atoms with van der Waals surface area (Å²) in [5, 5.41) is 0. The topological polar surface area (TPSA) is 46.6 Å². The molecule has 0 aliphatic carbocycles. The highest BCUT2D eigenvalue weighted by molar-refractivity contribution is 6.16. The van der Waals surface area contributed by atoms with E-state index in [1.165, 1.54) is 12.7 Å². The van der Waals surface area contributed by atoms with Crippen LogP contribution in [-0.4, -0.2) is 30.4 Å². The van der Waals surface area contributed by atoms with Crippen LogP contribution in [-0.2, 0) is 19.7 Å². The van der Waals surface area contributed by atoms with Crippen molar-refractivity contribution in [3.63, 3.8) is 0 Å². The van der Waals surface area contributed by atoms with Crippen molar-refractivity contribution in [3.05, 3.63) is 52.2 Å². The molecule has 128 valence electrons. The van der Waals surface area contributed by atoms with Gasteiger partial charge in [0.25, 0.3) is 5.91 Å². The second-order valence-electron chi connectivity index (χ2n) is 6.93. The third-order valence-electron chi connectivity index (χ3n) is 4.31. The summed E-state index contributed by atoms with van der Waals surface area (Å²) in [6.07, 6.45) is 1.76. The zero-order chi connectivity index (χ0) is 18.1. The van der Waals surface area contributed by atoms with E-state index in [0.29, 0.717) is 23.4 Å². The molecule has 4 heteroatoms. The summed E-state index contributed by atoms with van der Waals surface area (Å²) in [6, 6.07) is 8.05. The third kappa shape index (κ3) is 3.28. The zero-order valence-corrected chi connectivity index (χ0v) is 15.3. The number of allylic oxidation sites excluding steroid dienone is 1. The number of hydrogen-bond acceptors (Lipinski definition) is 3. The quantitative estimate of drug-likeness (QED) is 0.628. The molecule has 1 aromatic rings. The van der Waals surface area contributed by atoms with E-state index in [0.717, 1.165) is 5.56 Å². The number of benzene rings is 1. The molecular weight excluding hydrogens is 302 g/mol. The first-order valence-corrected chi connectivity index (χ1v) is 8.14. The van der Waals surface area contributed by atoms with Gasteiger partial charge in [0.1, 0.15) is 0 Å². The third-order valence-corrected chi connectivity index (χ3v) is 4.31. The molecule has 0 atom stereocenters. The van der Waals surface area contributed by atoms with Crippen LogP contribution in [0.5, 0.6) is 0 Å². The maximum Gasteiger partial charge on any atom is 0.340 e. The molecule has 0 saturated carbocycles. The van der Waals surface area contributed by atoms with Crippen molar-refractivity contribution in [2.24, 2.45) is 0 Å². The average molecular weight is 327 g/mol. The summed E-state index contributed by atoms with van der Waals surface area (Å²) < 4.78 is 4.86. The fourth-order valence-electron chi connectivity index (χ4n) is 2.85. The van der Waals surface area contributed by atoms with Crippen molar-refractivity contribution in [1.82, 2.24) is 4.90 Å². The van der Waals surface area contributed by atoms with Gasteiger partial charge in [0.2, 0.25) is 0 Å². The number of amides is 1. The molecule has 0 aromatic heterocycles. The SMILES string of the molecule is CCN1C(=O)/C(=C\c2ccc(C(C)(C)C)cc2)C(C(=O)OC)=C1C. The molecule has 1 amide bonds. The summed E-state index contributed by atoms with van der Waals surface area (Å²) in [5.41, 5.74) is 3.57. The van der Waals surface area contributed by atoms with Crippen molar-refractivity contribution in [3.8, 4) is 0 Å². The maximum absolute atomic E-state index is 12.6. The first-order valence-electron chi connectivity index (χ1n) is 8.14. The van der Waals surface area contributed by atoms with Gasteiger partial charge < -0.3 is 9.64 Å². The van der Waals surface area contributed by atoms with Gasteiger partial charge in [0.05, 0.1) is 18.3 Å². The lowest BCUT2D eigenvalue weighted by Crippen LogP contribution is -2.24. The predicted molar refractivity (Wildman–Crippen MR) is 95.2 cm³/mol. The number of likely N-dealkylation sites (N-methyl/N-ethyl adjacent to an activating group) is 1. The summed E-state index contributed by atoms with van der Waals surface area (Å²) in [5.74, 6) is -0.635. The summed E-state index contributed by atoms with van der Waals surface area (Å²) >= 11 is 0. The van der Waals surface area contributed by atoms with Crippen LogP contribution in [0.2, 0.25) is 0 Å². The Balaban J connectivity index is 2.47. The lowest BCUT2D eigenvalue weighted by atomic mass is 9.86. The Kier molecular flexibility index (Phi) is 4.97. The summed E-state index contributed by atoms with van der Waals surface area (Å²) in [7, 11) is 1.33. The normalized spacial score (nSPS) is 17.0. The Morgan fingerprint density at radius 2 is 1.79 bits per heavy atom. The molecule has 0 spiro atoms. The molecule has 0 unspecified atom stereocenters. The Bertz CT molecular complexity index is 718. The molecule has 0 saturated heterocycles. The van der Waals surface area contributed by atoms with Gasteiger partial charge in [-0.05, 0) is 36.5 Å². The van der Waals surface area contributed by atoms with Gasteiger partial charge in [0, 0.05) is 12.2 Å². The number of carbonyl (C=O) groups is 2. The summed E-state index contributed by atoms with van der Waals surface area (Å²) in [6.45, 7) is 10.6. The number of carbonyl (C=O) groups excluding carboxylic acids is 2. The van der Waals surface area contributed by atoms with E-state index >= 15 is 0 Å². The van der Waals surface area contributed by atoms with E-state index < -0.39 is 5.97 Å². The molecule has 2 rings (SSSR count). The van der Waals surface area contributed by atoms with Crippen LogP contribution < -0.4 is 0 Å². The van der Waals surface area contributed by atoms with Gasteiger partial charge in [-0.2, -0.15) is 0 Å². The molecule has 0 fully saturated rings. The number of hydrogen-bond donors (Lipinski definition) is 0. The van der Waals surface area contributed by atoms with Gasteiger partial charge in [-0.1, -0.05) is 45.0 Å². The molecule has 0 N–H and O–H groups in total. The minimum atomic E-state index is -0.477.